The Balaban J connectivity index is 2.12. The van der Waals surface area contributed by atoms with Crippen LogP contribution in [-0.4, -0.2) is 29.5 Å². The van der Waals surface area contributed by atoms with Crippen LogP contribution in [0.3, 0.4) is 0 Å². The van der Waals surface area contributed by atoms with E-state index < -0.39 is 0 Å². The lowest BCUT2D eigenvalue weighted by Gasteiger charge is -2.05. The minimum absolute atomic E-state index is 0.258. The highest BCUT2D eigenvalue weighted by molar-refractivity contribution is 6.04. The second kappa shape index (κ2) is 7.03. The van der Waals surface area contributed by atoms with Crippen LogP contribution < -0.4 is 15.8 Å². The first-order valence-corrected chi connectivity index (χ1v) is 6.18. The lowest BCUT2D eigenvalue weighted by atomic mass is 10.2. The lowest BCUT2D eigenvalue weighted by Crippen LogP contribution is -2.12. The smallest absolute Gasteiger partial charge is 0.257 e. The molecular formula is C15H14N4O2. The van der Waals surface area contributed by atoms with Crippen molar-refractivity contribution in [3.05, 3.63) is 47.9 Å². The van der Waals surface area contributed by atoms with Gasteiger partial charge in [-0.2, -0.15) is 0 Å². The Morgan fingerprint density at radius 2 is 2.24 bits per heavy atom. The van der Waals surface area contributed by atoms with E-state index in [1.165, 1.54) is 19.5 Å². The number of ether oxygens (including phenoxy) is 1. The number of hydrogen-bond acceptors (Lipinski definition) is 5. The molecule has 1 amide bonds. The van der Waals surface area contributed by atoms with E-state index in [0.717, 1.165) is 0 Å². The van der Waals surface area contributed by atoms with E-state index in [2.05, 4.69) is 27.1 Å². The number of rotatable bonds is 3. The Morgan fingerprint density at radius 3 is 2.90 bits per heavy atom. The van der Waals surface area contributed by atoms with Crippen molar-refractivity contribution in [2.45, 2.75) is 0 Å². The predicted molar refractivity (Wildman–Crippen MR) is 78.9 cm³/mol. The van der Waals surface area contributed by atoms with Gasteiger partial charge in [0.25, 0.3) is 5.91 Å². The normalized spacial score (nSPS) is 9.43. The molecule has 0 aliphatic carbocycles. The van der Waals surface area contributed by atoms with Crippen molar-refractivity contribution in [1.82, 2.24) is 9.97 Å². The largest absolute Gasteiger partial charge is 0.481 e. The third kappa shape index (κ3) is 4.03. The van der Waals surface area contributed by atoms with Crippen molar-refractivity contribution < 1.29 is 9.53 Å². The van der Waals surface area contributed by atoms with Gasteiger partial charge in [-0.1, -0.05) is 11.8 Å². The van der Waals surface area contributed by atoms with Crippen LogP contribution in [-0.2, 0) is 0 Å². The summed E-state index contributed by atoms with van der Waals surface area (Å²) in [5.41, 5.74) is 6.93. The summed E-state index contributed by atoms with van der Waals surface area (Å²) in [6, 6.07) is 5.02. The molecule has 0 aromatic carbocycles. The maximum absolute atomic E-state index is 12.1. The molecule has 2 heterocycles. The molecule has 0 aliphatic heterocycles. The van der Waals surface area contributed by atoms with Crippen molar-refractivity contribution in [1.29, 1.82) is 0 Å². The average molecular weight is 282 g/mol. The van der Waals surface area contributed by atoms with Gasteiger partial charge >= 0.3 is 0 Å². The molecule has 0 aliphatic rings. The SMILES string of the molecule is COc1ccc(NC(=O)c2cncc(C#CCN)c2)cn1. The van der Waals surface area contributed by atoms with Gasteiger partial charge in [-0.3, -0.25) is 9.78 Å². The third-order valence-corrected chi connectivity index (χ3v) is 2.54. The number of hydrogen-bond donors (Lipinski definition) is 2. The summed E-state index contributed by atoms with van der Waals surface area (Å²) in [6.45, 7) is 0.258. The van der Waals surface area contributed by atoms with Gasteiger partial charge in [-0.05, 0) is 12.1 Å². The Labute approximate surface area is 122 Å². The predicted octanol–water partition coefficient (Wildman–Crippen LogP) is 1.05. The van der Waals surface area contributed by atoms with E-state index in [1.54, 1.807) is 24.4 Å². The van der Waals surface area contributed by atoms with E-state index in [1.807, 2.05) is 0 Å². The summed E-state index contributed by atoms with van der Waals surface area (Å²) >= 11 is 0. The summed E-state index contributed by atoms with van der Waals surface area (Å²) in [5.74, 6) is 5.74. The van der Waals surface area contributed by atoms with Gasteiger partial charge in [0.2, 0.25) is 5.88 Å². The van der Waals surface area contributed by atoms with Crippen LogP contribution in [0.1, 0.15) is 15.9 Å². The minimum Gasteiger partial charge on any atom is -0.481 e. The molecule has 0 saturated heterocycles. The molecule has 0 fully saturated rings. The summed E-state index contributed by atoms with van der Waals surface area (Å²) in [6.07, 6.45) is 4.57. The van der Waals surface area contributed by atoms with Crippen LogP contribution in [0.2, 0.25) is 0 Å². The molecule has 106 valence electrons. The maximum atomic E-state index is 12.1. The highest BCUT2D eigenvalue weighted by atomic mass is 16.5. The number of methoxy groups -OCH3 is 1. The Kier molecular flexibility index (Phi) is 4.85. The number of carbonyl (C=O) groups excluding carboxylic acids is 1. The molecule has 2 aromatic heterocycles. The van der Waals surface area contributed by atoms with E-state index in [0.29, 0.717) is 22.7 Å². The van der Waals surface area contributed by atoms with E-state index in [4.69, 9.17) is 10.5 Å². The Hall–Kier alpha value is -2.91. The van der Waals surface area contributed by atoms with Gasteiger partial charge in [0.1, 0.15) is 0 Å². The van der Waals surface area contributed by atoms with Crippen LogP contribution in [0.15, 0.2) is 36.8 Å². The van der Waals surface area contributed by atoms with Gasteiger partial charge in [0.15, 0.2) is 0 Å². The first-order chi connectivity index (χ1) is 10.2. The van der Waals surface area contributed by atoms with Crippen molar-refractivity contribution >= 4 is 11.6 Å². The molecule has 0 bridgehead atoms. The van der Waals surface area contributed by atoms with Gasteiger partial charge in [-0.25, -0.2) is 4.98 Å². The molecule has 2 aromatic rings. The topological polar surface area (TPSA) is 90.1 Å². The summed E-state index contributed by atoms with van der Waals surface area (Å²) in [4.78, 5) is 20.1. The fourth-order valence-electron chi connectivity index (χ4n) is 1.56. The number of anilines is 1. The number of amides is 1. The van der Waals surface area contributed by atoms with E-state index in [-0.39, 0.29) is 12.5 Å². The van der Waals surface area contributed by atoms with Gasteiger partial charge < -0.3 is 15.8 Å². The molecule has 3 N–H and O–H groups in total. The molecule has 6 heteroatoms. The molecular weight excluding hydrogens is 268 g/mol. The van der Waals surface area contributed by atoms with Crippen LogP contribution in [0.25, 0.3) is 0 Å². The zero-order chi connectivity index (χ0) is 15.1. The van der Waals surface area contributed by atoms with Crippen LogP contribution in [0.5, 0.6) is 5.88 Å². The van der Waals surface area contributed by atoms with Crippen molar-refractivity contribution in [3.8, 4) is 17.7 Å². The van der Waals surface area contributed by atoms with Gasteiger partial charge in [0.05, 0.1) is 31.1 Å². The zero-order valence-corrected chi connectivity index (χ0v) is 11.5. The Morgan fingerprint density at radius 1 is 1.38 bits per heavy atom. The monoisotopic (exact) mass is 282 g/mol. The van der Waals surface area contributed by atoms with Crippen molar-refractivity contribution in [3.63, 3.8) is 0 Å². The number of nitrogens with zero attached hydrogens (tertiary/aromatic N) is 2. The molecule has 0 saturated carbocycles. The Bertz CT molecular complexity index is 687. The fraction of sp³-hybridized carbons (Fsp3) is 0.133. The average Bonchev–Trinajstić information content (AvgIpc) is 2.54. The van der Waals surface area contributed by atoms with Crippen molar-refractivity contribution in [2.75, 3.05) is 19.0 Å². The highest BCUT2D eigenvalue weighted by Crippen LogP contribution is 2.12. The summed E-state index contributed by atoms with van der Waals surface area (Å²) in [7, 11) is 1.53. The second-order valence-corrected chi connectivity index (χ2v) is 4.01. The summed E-state index contributed by atoms with van der Waals surface area (Å²) in [5, 5.41) is 2.72. The maximum Gasteiger partial charge on any atom is 0.257 e. The van der Waals surface area contributed by atoms with Crippen LogP contribution in [0.4, 0.5) is 5.69 Å². The van der Waals surface area contributed by atoms with E-state index >= 15 is 0 Å². The molecule has 0 unspecified atom stereocenters. The van der Waals surface area contributed by atoms with E-state index in [9.17, 15) is 4.79 Å². The number of carbonyl (C=O) groups is 1. The molecule has 21 heavy (non-hydrogen) atoms. The second-order valence-electron chi connectivity index (χ2n) is 4.01. The van der Waals surface area contributed by atoms with Gasteiger partial charge in [0, 0.05) is 24.0 Å². The number of nitrogens with two attached hydrogens (primary N) is 1. The fourth-order valence-corrected chi connectivity index (χ4v) is 1.56. The van der Waals surface area contributed by atoms with Crippen LogP contribution >= 0.6 is 0 Å². The standard InChI is InChI=1S/C15H14N4O2/c1-21-14-5-4-13(10-18-14)19-15(20)12-7-11(3-2-6-16)8-17-9-12/h4-5,7-10H,6,16H2,1H3,(H,19,20). The van der Waals surface area contributed by atoms with Crippen LogP contribution in [0, 0.1) is 11.8 Å². The highest BCUT2D eigenvalue weighted by Gasteiger charge is 2.07. The third-order valence-electron chi connectivity index (χ3n) is 2.54. The quantitative estimate of drug-likeness (QED) is 0.821. The molecule has 2 rings (SSSR count). The van der Waals surface area contributed by atoms with Gasteiger partial charge in [-0.15, -0.1) is 0 Å². The molecule has 0 atom stereocenters. The first-order valence-electron chi connectivity index (χ1n) is 6.18. The lowest BCUT2D eigenvalue weighted by molar-refractivity contribution is 0.102. The first kappa shape index (κ1) is 14.5. The summed E-state index contributed by atoms with van der Waals surface area (Å²) < 4.78 is 4.95. The molecule has 0 spiro atoms. The number of nitrogens with one attached hydrogen (secondary N) is 1. The van der Waals surface area contributed by atoms with Crippen molar-refractivity contribution in [2.24, 2.45) is 5.73 Å². The molecule has 0 radical (unpaired) electrons. The zero-order valence-electron chi connectivity index (χ0n) is 11.5. The number of pyridine rings is 2. The molecule has 6 nitrogen and oxygen atoms in total. The minimum atomic E-state index is -0.286. The number of aromatic nitrogens is 2.